The van der Waals surface area contributed by atoms with Crippen LogP contribution in [0, 0.1) is 27.7 Å². The second kappa shape index (κ2) is 25.1. The largest absolute Gasteiger partial charge is 0.418 e. The van der Waals surface area contributed by atoms with Crippen molar-refractivity contribution in [2.75, 3.05) is 22.9 Å². The van der Waals surface area contributed by atoms with E-state index in [2.05, 4.69) is 36.8 Å². The van der Waals surface area contributed by atoms with Crippen LogP contribution in [-0.4, -0.2) is 47.4 Å². The Bertz CT molecular complexity index is 3670. The lowest BCUT2D eigenvalue weighted by Gasteiger charge is -2.10. The first kappa shape index (κ1) is 55.9. The third-order valence-electron chi connectivity index (χ3n) is 12.5. The minimum atomic E-state index is -4.34. The number of nitrogens with zero attached hydrogens (tertiary/aromatic N) is 3. The molecule has 10 aromatic rings. The number of H-pyrrole nitrogens is 3. The van der Waals surface area contributed by atoms with Crippen LogP contribution in [-0.2, 0) is 57.0 Å². The number of benzene rings is 7. The predicted molar refractivity (Wildman–Crippen MR) is 306 cm³/mol. The second-order valence-corrected chi connectivity index (χ2v) is 21.2. The molecule has 0 amide bonds. The van der Waals surface area contributed by atoms with Crippen molar-refractivity contribution in [1.82, 2.24) is 29.9 Å². The van der Waals surface area contributed by atoms with Crippen molar-refractivity contribution in [2.24, 2.45) is 0 Å². The standard InChI is InChI=1S/C18H19N3OS.2C16H17N3OS.C7H6F3N/c1-2-3-6-12-9-10-14(19)13(11-12)17(23-22)18-20-15-7-4-5-8-16(15)21-18;1-10-7-8-12(15(17)11(10)2)9-21(20)16-18-13-5-3-4-6-14(13)19-16;1-10-7-8-11(2)15(17)12(10)9-21(20)16-18-13-5-3-4-6-14(13)19-16;8-7(9,10)5-3-1-2-4-6(5)11/h4-5,7-11H,2-3,6,19H2,1H3,(H,20,21);2*3-8H,9,17H2,1-2H3,(H,18,19);1-4H,11H2. The Hall–Kier alpha value is -7.87. The summed E-state index contributed by atoms with van der Waals surface area (Å²) in [7, 11) is -2.48. The Kier molecular flexibility index (Phi) is 18.5. The Morgan fingerprint density at radius 2 is 1.12 bits per heavy atom. The highest BCUT2D eigenvalue weighted by Crippen LogP contribution is 2.33. The van der Waals surface area contributed by atoms with Crippen LogP contribution in [0.2, 0.25) is 0 Å². The molecule has 13 nitrogen and oxygen atoms in total. The van der Waals surface area contributed by atoms with E-state index in [0.717, 1.165) is 109 Å². The van der Waals surface area contributed by atoms with Gasteiger partial charge in [-0.2, -0.15) is 13.2 Å². The van der Waals surface area contributed by atoms with Crippen LogP contribution in [0.1, 0.15) is 75.7 Å². The molecule has 0 aliphatic carbocycles. The maximum absolute atomic E-state index is 12.6. The van der Waals surface area contributed by atoms with Crippen molar-refractivity contribution in [3.8, 4) is 0 Å². The van der Waals surface area contributed by atoms with Crippen LogP contribution in [0.4, 0.5) is 35.9 Å². The van der Waals surface area contributed by atoms with Crippen LogP contribution in [0.15, 0.2) is 150 Å². The van der Waals surface area contributed by atoms with E-state index in [9.17, 15) is 25.8 Å². The van der Waals surface area contributed by atoms with E-state index < -0.39 is 33.3 Å². The summed E-state index contributed by atoms with van der Waals surface area (Å²) in [6.45, 7) is 10.1. The maximum Gasteiger partial charge on any atom is 0.418 e. The number of rotatable bonds is 11. The van der Waals surface area contributed by atoms with Gasteiger partial charge in [-0.3, -0.25) is 8.42 Å². The van der Waals surface area contributed by atoms with Crippen LogP contribution >= 0.6 is 0 Å². The smallest absolute Gasteiger partial charge is 0.398 e. The van der Waals surface area contributed by atoms with Crippen molar-refractivity contribution >= 4 is 93.6 Å². The fourth-order valence-electron chi connectivity index (χ4n) is 7.95. The van der Waals surface area contributed by atoms with Gasteiger partial charge in [0.2, 0.25) is 0 Å². The van der Waals surface area contributed by atoms with Crippen LogP contribution in [0.3, 0.4) is 0 Å². The van der Waals surface area contributed by atoms with Crippen molar-refractivity contribution in [3.63, 3.8) is 0 Å². The monoisotopic (exact) mass is 1080 g/mol. The molecule has 0 saturated heterocycles. The molecular formula is C57H59F3N10O3S3. The summed E-state index contributed by atoms with van der Waals surface area (Å²) in [5, 5.41) is 0.991. The summed E-state index contributed by atoms with van der Waals surface area (Å²) in [5.41, 5.74) is 37.7. The number of imidazole rings is 3. The molecule has 0 saturated carbocycles. The molecule has 76 heavy (non-hydrogen) atoms. The van der Waals surface area contributed by atoms with Crippen LogP contribution in [0.25, 0.3) is 33.1 Å². The van der Waals surface area contributed by atoms with Gasteiger partial charge in [0.05, 0.1) is 71.8 Å². The fourth-order valence-corrected chi connectivity index (χ4v) is 10.7. The molecule has 2 atom stereocenters. The fraction of sp³-hybridized carbons (Fsp3) is 0.193. The normalized spacial score (nSPS) is 11.9. The lowest BCUT2D eigenvalue weighted by molar-refractivity contribution is -0.136. The average molecular weight is 1090 g/mol. The number of hydrogen-bond donors (Lipinski definition) is 7. The number of anilines is 4. The molecule has 11 N–H and O–H groups in total. The Morgan fingerprint density at radius 3 is 1.66 bits per heavy atom. The van der Waals surface area contributed by atoms with Gasteiger partial charge in [0.25, 0.3) is 0 Å². The summed E-state index contributed by atoms with van der Waals surface area (Å²) in [6.07, 6.45) is -1.10. The Labute approximate surface area is 447 Å². The first-order chi connectivity index (χ1) is 36.4. The molecule has 0 fully saturated rings. The number of aromatic amines is 3. The lowest BCUT2D eigenvalue weighted by atomic mass is 10.0. The van der Waals surface area contributed by atoms with Gasteiger partial charge in [-0.05, 0) is 140 Å². The molecule has 10 rings (SSSR count). The molecule has 0 radical (unpaired) electrons. The van der Waals surface area contributed by atoms with Gasteiger partial charge in [0, 0.05) is 28.3 Å². The van der Waals surface area contributed by atoms with E-state index in [-0.39, 0.29) is 5.69 Å². The number of alkyl halides is 3. The number of nitrogen functional groups attached to an aromatic ring is 4. The minimum Gasteiger partial charge on any atom is -0.398 e. The number of para-hydroxylation sites is 7. The number of aromatic nitrogens is 6. The number of aryl methyl sites for hydroxylation is 4. The first-order valence-corrected chi connectivity index (χ1v) is 27.5. The summed E-state index contributed by atoms with van der Waals surface area (Å²) in [5.74, 6) is 1.32. The van der Waals surface area contributed by atoms with E-state index in [4.69, 9.17) is 22.9 Å². The molecule has 0 spiro atoms. The molecule has 3 aromatic heterocycles. The number of nitrogens with two attached hydrogens (primary N) is 4. The van der Waals surface area contributed by atoms with Crippen molar-refractivity contribution in [3.05, 3.63) is 195 Å². The van der Waals surface area contributed by atoms with Gasteiger partial charge in [-0.1, -0.05) is 92.2 Å². The van der Waals surface area contributed by atoms with Crippen molar-refractivity contribution in [2.45, 2.75) is 81.9 Å². The van der Waals surface area contributed by atoms with Crippen LogP contribution in [0.5, 0.6) is 0 Å². The number of hydrogen-bond acceptors (Lipinski definition) is 10. The zero-order valence-corrected chi connectivity index (χ0v) is 45.0. The zero-order valence-electron chi connectivity index (χ0n) is 42.5. The Morgan fingerprint density at radius 1 is 0.592 bits per heavy atom. The average Bonchev–Trinajstić information content (AvgIpc) is 4.18. The summed E-state index contributed by atoms with van der Waals surface area (Å²) < 4.78 is 72.7. The third-order valence-corrected chi connectivity index (χ3v) is 15.5. The third kappa shape index (κ3) is 13.7. The summed E-state index contributed by atoms with van der Waals surface area (Å²) >= 11 is 0.431. The molecule has 19 heteroatoms. The number of nitrogens with one attached hydrogen (secondary N) is 3. The molecule has 0 aliphatic rings. The predicted octanol–water partition coefficient (Wildman–Crippen LogP) is 11.7. The molecule has 0 aliphatic heterocycles. The van der Waals surface area contributed by atoms with Crippen molar-refractivity contribution < 1.29 is 25.8 Å². The van der Waals surface area contributed by atoms with Gasteiger partial charge in [0.15, 0.2) is 16.1 Å². The molecular weight excluding hydrogens is 1030 g/mol. The number of fused-ring (bicyclic) bond motifs is 3. The molecule has 394 valence electrons. The van der Waals surface area contributed by atoms with E-state index >= 15 is 0 Å². The van der Waals surface area contributed by atoms with E-state index in [1.165, 1.54) is 23.8 Å². The topological polar surface area (TPSA) is 241 Å². The highest BCUT2D eigenvalue weighted by atomic mass is 32.2. The van der Waals surface area contributed by atoms with Gasteiger partial charge in [-0.15, -0.1) is 0 Å². The van der Waals surface area contributed by atoms with Crippen molar-refractivity contribution in [1.29, 1.82) is 0 Å². The van der Waals surface area contributed by atoms with Gasteiger partial charge in [-0.25, -0.2) is 19.2 Å². The summed E-state index contributed by atoms with van der Waals surface area (Å²) in [4.78, 5) is 23.3. The van der Waals surface area contributed by atoms with E-state index in [1.807, 2.05) is 143 Å². The molecule has 0 bridgehead atoms. The molecule has 7 aromatic carbocycles. The maximum atomic E-state index is 12.6. The van der Waals surface area contributed by atoms with Gasteiger partial charge >= 0.3 is 6.18 Å². The zero-order chi connectivity index (χ0) is 54.7. The number of unbranched alkanes of at least 4 members (excludes halogenated alkanes) is 1. The lowest BCUT2D eigenvalue weighted by Crippen LogP contribution is -2.09. The molecule has 2 unspecified atom stereocenters. The quantitative estimate of drug-likeness (QED) is 0.0367. The highest BCUT2D eigenvalue weighted by Gasteiger charge is 2.32. The van der Waals surface area contributed by atoms with E-state index in [0.29, 0.717) is 49.5 Å². The Balaban J connectivity index is 0.000000151. The summed E-state index contributed by atoms with van der Waals surface area (Å²) in [6, 6.07) is 41.9. The van der Waals surface area contributed by atoms with Crippen LogP contribution < -0.4 is 22.9 Å². The highest BCUT2D eigenvalue weighted by molar-refractivity contribution is 7.84. The number of halogens is 3. The first-order valence-electron chi connectivity index (χ1n) is 24.1. The SMILES string of the molecule is CCCCc1ccc(N)c(C(=S=O)c2nc3ccccc3[nH]2)c1.Cc1ccc(C)c(CS(=O)c2nc3ccccc3[nH]2)c1N.Cc1ccc(CS(=O)c2nc3ccccc3[nH]2)c(N)c1C.Nc1ccccc1C(F)(F)F. The minimum absolute atomic E-state index is 0.236. The van der Waals surface area contributed by atoms with E-state index in [1.54, 1.807) is 0 Å². The molecule has 3 heterocycles. The van der Waals surface area contributed by atoms with Gasteiger partial charge < -0.3 is 37.9 Å². The second-order valence-electron chi connectivity index (χ2n) is 17.9. The van der Waals surface area contributed by atoms with Gasteiger partial charge in [0.1, 0.15) is 16.1 Å².